The third kappa shape index (κ3) is 3.45. The lowest BCUT2D eigenvalue weighted by Crippen LogP contribution is -2.53. The van der Waals surface area contributed by atoms with Crippen LogP contribution in [0.1, 0.15) is 28.9 Å². The smallest absolute Gasteiger partial charge is 0.254 e. The monoisotopic (exact) mass is 358 g/mol. The van der Waals surface area contributed by atoms with Crippen molar-refractivity contribution in [2.24, 2.45) is 0 Å². The number of amides is 2. The van der Waals surface area contributed by atoms with Crippen LogP contribution in [0.15, 0.2) is 28.8 Å². The van der Waals surface area contributed by atoms with Crippen LogP contribution in [0.5, 0.6) is 0 Å². The summed E-state index contributed by atoms with van der Waals surface area (Å²) in [5.41, 5.74) is 1.89. The molecule has 2 atom stereocenters. The van der Waals surface area contributed by atoms with E-state index in [1.807, 2.05) is 31.2 Å². The van der Waals surface area contributed by atoms with Gasteiger partial charge in [0.1, 0.15) is 6.61 Å². The fourth-order valence-electron chi connectivity index (χ4n) is 3.11. The number of benzene rings is 1. The highest BCUT2D eigenvalue weighted by Gasteiger charge is 2.41. The number of ether oxygens (including phenoxy) is 1. The van der Waals surface area contributed by atoms with E-state index in [1.165, 1.54) is 4.90 Å². The Balaban J connectivity index is 1.86. The second kappa shape index (κ2) is 7.25. The van der Waals surface area contributed by atoms with Gasteiger partial charge in [-0.1, -0.05) is 29.4 Å². The first-order valence-electron chi connectivity index (χ1n) is 8.35. The van der Waals surface area contributed by atoms with E-state index in [4.69, 9.17) is 9.26 Å². The molecule has 26 heavy (non-hydrogen) atoms. The van der Waals surface area contributed by atoms with Gasteiger partial charge >= 0.3 is 0 Å². The lowest BCUT2D eigenvalue weighted by atomic mass is 9.93. The Bertz CT molecular complexity index is 819. The molecule has 2 heterocycles. The van der Waals surface area contributed by atoms with Crippen molar-refractivity contribution in [3.05, 3.63) is 47.1 Å². The van der Waals surface area contributed by atoms with E-state index >= 15 is 0 Å². The van der Waals surface area contributed by atoms with E-state index in [9.17, 15) is 9.59 Å². The van der Waals surface area contributed by atoms with E-state index < -0.39 is 12.1 Å². The number of aryl methyl sites for hydroxylation is 2. The predicted octanol–water partition coefficient (Wildman–Crippen LogP) is 1.24. The van der Waals surface area contributed by atoms with E-state index in [2.05, 4.69) is 10.1 Å². The summed E-state index contributed by atoms with van der Waals surface area (Å²) < 4.78 is 10.7. The zero-order valence-electron chi connectivity index (χ0n) is 15.3. The summed E-state index contributed by atoms with van der Waals surface area (Å²) in [7, 11) is 3.35. The lowest BCUT2D eigenvalue weighted by Gasteiger charge is -2.40. The summed E-state index contributed by atoms with van der Waals surface area (Å²) >= 11 is 0. The highest BCUT2D eigenvalue weighted by molar-refractivity contribution is 5.86. The number of carbonyl (C=O) groups excluding carboxylic acids is 2. The van der Waals surface area contributed by atoms with Gasteiger partial charge in [-0.25, -0.2) is 0 Å². The number of hydrogen-bond acceptors (Lipinski definition) is 6. The van der Waals surface area contributed by atoms with Gasteiger partial charge in [0.25, 0.3) is 5.91 Å². The molecule has 0 bridgehead atoms. The van der Waals surface area contributed by atoms with Crippen molar-refractivity contribution < 1.29 is 18.8 Å². The van der Waals surface area contributed by atoms with Crippen molar-refractivity contribution in [1.29, 1.82) is 0 Å². The summed E-state index contributed by atoms with van der Waals surface area (Å²) in [5.74, 6) is 0.467. The number of carbonyl (C=O) groups is 2. The minimum Gasteiger partial charge on any atom is -0.356 e. The van der Waals surface area contributed by atoms with Gasteiger partial charge in [0.05, 0.1) is 12.6 Å². The zero-order valence-corrected chi connectivity index (χ0v) is 15.3. The topological polar surface area (TPSA) is 88.8 Å². The number of likely N-dealkylation sites (N-methyl/N-ethyl adjacent to an activating group) is 2. The molecule has 8 nitrogen and oxygen atoms in total. The minimum atomic E-state index is -0.798. The number of aromatic nitrogens is 2. The van der Waals surface area contributed by atoms with Crippen molar-refractivity contribution in [2.75, 3.05) is 20.7 Å². The maximum atomic E-state index is 13.0. The van der Waals surface area contributed by atoms with Gasteiger partial charge in [0.2, 0.25) is 11.8 Å². The van der Waals surface area contributed by atoms with Crippen molar-refractivity contribution in [2.45, 2.75) is 32.5 Å². The Kier molecular flexibility index (Phi) is 5.03. The van der Waals surface area contributed by atoms with Gasteiger partial charge in [-0.15, -0.1) is 0 Å². The van der Waals surface area contributed by atoms with Crippen LogP contribution in [-0.4, -0.2) is 58.6 Å². The first-order chi connectivity index (χ1) is 12.4. The number of hydrogen-bond donors (Lipinski definition) is 0. The molecule has 0 radical (unpaired) electrons. The number of nitrogens with zero attached hydrogens (tertiary/aromatic N) is 4. The Morgan fingerprint density at radius 1 is 1.35 bits per heavy atom. The SMILES string of the molecule is Cc1noc(CN(C)C(=O)[C@H]2OCC(=O)N(C)[C@@H]2c2ccccc2C)n1. The van der Waals surface area contributed by atoms with Crippen LogP contribution in [0.3, 0.4) is 0 Å². The van der Waals surface area contributed by atoms with Crippen molar-refractivity contribution in [3.63, 3.8) is 0 Å². The van der Waals surface area contributed by atoms with Gasteiger partial charge in [-0.2, -0.15) is 4.98 Å². The Hall–Kier alpha value is -2.74. The molecule has 0 saturated carbocycles. The third-order valence-corrected chi connectivity index (χ3v) is 4.55. The van der Waals surface area contributed by atoms with Gasteiger partial charge in [0.15, 0.2) is 11.9 Å². The fraction of sp³-hybridized carbons (Fsp3) is 0.444. The first-order valence-corrected chi connectivity index (χ1v) is 8.35. The van der Waals surface area contributed by atoms with Gasteiger partial charge in [-0.3, -0.25) is 9.59 Å². The average molecular weight is 358 g/mol. The molecule has 2 amide bonds. The zero-order chi connectivity index (χ0) is 18.8. The molecule has 2 aromatic rings. The highest BCUT2D eigenvalue weighted by Crippen LogP contribution is 2.32. The predicted molar refractivity (Wildman–Crippen MR) is 91.9 cm³/mol. The van der Waals surface area contributed by atoms with Crippen LogP contribution < -0.4 is 0 Å². The van der Waals surface area contributed by atoms with Crippen LogP contribution >= 0.6 is 0 Å². The second-order valence-corrected chi connectivity index (χ2v) is 6.47. The quantitative estimate of drug-likeness (QED) is 0.817. The summed E-state index contributed by atoms with van der Waals surface area (Å²) in [6.45, 7) is 3.73. The molecule has 0 unspecified atom stereocenters. The normalized spacial score (nSPS) is 20.3. The maximum Gasteiger partial charge on any atom is 0.254 e. The largest absolute Gasteiger partial charge is 0.356 e. The number of rotatable bonds is 4. The second-order valence-electron chi connectivity index (χ2n) is 6.47. The van der Waals surface area contributed by atoms with Crippen molar-refractivity contribution in [1.82, 2.24) is 19.9 Å². The molecule has 1 aromatic carbocycles. The molecule has 0 spiro atoms. The van der Waals surface area contributed by atoms with Crippen LogP contribution in [0.4, 0.5) is 0 Å². The summed E-state index contributed by atoms with van der Waals surface area (Å²) in [6, 6.07) is 7.19. The molecule has 1 aliphatic rings. The highest BCUT2D eigenvalue weighted by atomic mass is 16.5. The van der Waals surface area contributed by atoms with Gasteiger partial charge < -0.3 is 19.1 Å². The summed E-state index contributed by atoms with van der Waals surface area (Å²) in [4.78, 5) is 32.4. The third-order valence-electron chi connectivity index (χ3n) is 4.55. The molecule has 138 valence electrons. The fourth-order valence-corrected chi connectivity index (χ4v) is 3.11. The molecule has 1 aromatic heterocycles. The molecule has 3 rings (SSSR count). The van der Waals surface area contributed by atoms with Crippen LogP contribution in [0.2, 0.25) is 0 Å². The van der Waals surface area contributed by atoms with E-state index in [-0.39, 0.29) is 25.0 Å². The summed E-state index contributed by atoms with van der Waals surface area (Å²) in [6.07, 6.45) is -0.798. The molecule has 1 aliphatic heterocycles. The molecule has 0 aliphatic carbocycles. The minimum absolute atomic E-state index is 0.122. The molecular weight excluding hydrogens is 336 g/mol. The lowest BCUT2D eigenvalue weighted by molar-refractivity contribution is -0.167. The standard InChI is InChI=1S/C18H22N4O4/c1-11-7-5-6-8-13(11)16-17(25-10-15(23)22(16)4)18(24)21(3)9-14-19-12(2)20-26-14/h5-8,16-17H,9-10H2,1-4H3/t16-,17+/m1/s1. The molecule has 1 fully saturated rings. The Morgan fingerprint density at radius 2 is 2.08 bits per heavy atom. The van der Waals surface area contributed by atoms with Crippen molar-refractivity contribution in [3.8, 4) is 0 Å². The van der Waals surface area contributed by atoms with Crippen LogP contribution in [0, 0.1) is 13.8 Å². The molecule has 8 heteroatoms. The van der Waals surface area contributed by atoms with E-state index in [1.54, 1.807) is 25.9 Å². The van der Waals surface area contributed by atoms with Crippen LogP contribution in [-0.2, 0) is 20.9 Å². The molecular formula is C18H22N4O4. The Morgan fingerprint density at radius 3 is 2.73 bits per heavy atom. The van der Waals surface area contributed by atoms with Gasteiger partial charge in [-0.05, 0) is 25.0 Å². The van der Waals surface area contributed by atoms with Gasteiger partial charge in [0, 0.05) is 14.1 Å². The molecule has 1 saturated heterocycles. The van der Waals surface area contributed by atoms with Crippen LogP contribution in [0.25, 0.3) is 0 Å². The summed E-state index contributed by atoms with van der Waals surface area (Å²) in [5, 5.41) is 3.73. The average Bonchev–Trinajstić information content (AvgIpc) is 3.02. The molecule has 0 N–H and O–H groups in total. The van der Waals surface area contributed by atoms with Crippen molar-refractivity contribution >= 4 is 11.8 Å². The number of morpholine rings is 1. The maximum absolute atomic E-state index is 13.0. The van der Waals surface area contributed by atoms with E-state index in [0.29, 0.717) is 11.7 Å². The van der Waals surface area contributed by atoms with E-state index in [0.717, 1.165) is 11.1 Å². The Labute approximate surface area is 151 Å². The first kappa shape index (κ1) is 18.1.